The molecule has 2 aromatic rings. The van der Waals surface area contributed by atoms with E-state index in [0.29, 0.717) is 24.2 Å². The van der Waals surface area contributed by atoms with Gasteiger partial charge < -0.3 is 10.2 Å². The van der Waals surface area contributed by atoms with Crippen molar-refractivity contribution < 1.29 is 14.4 Å². The fourth-order valence-corrected chi connectivity index (χ4v) is 3.03. The molecule has 0 radical (unpaired) electrons. The number of rotatable bonds is 6. The second-order valence-corrected chi connectivity index (χ2v) is 6.75. The molecule has 1 aliphatic rings. The third kappa shape index (κ3) is 4.17. The number of hydrogen-bond acceptors (Lipinski definition) is 3. The maximum Gasteiger partial charge on any atom is 0.228 e. The Morgan fingerprint density at radius 3 is 2.46 bits per heavy atom. The number of carbonyl (C=O) groups excluding carboxylic acids is 3. The molecule has 1 fully saturated rings. The lowest BCUT2D eigenvalue weighted by molar-refractivity contribution is -0.133. The largest absolute Gasteiger partial charge is 0.341 e. The normalized spacial score (nSPS) is 18.1. The fourth-order valence-electron chi connectivity index (χ4n) is 3.03. The molecule has 2 atom stereocenters. The van der Waals surface area contributed by atoms with Crippen molar-refractivity contribution in [3.05, 3.63) is 65.7 Å². The Balaban J connectivity index is 1.55. The van der Waals surface area contributed by atoms with Crippen molar-refractivity contribution in [1.29, 1.82) is 0 Å². The van der Waals surface area contributed by atoms with Crippen LogP contribution in [-0.2, 0) is 16.1 Å². The average Bonchev–Trinajstić information content (AvgIpc) is 3.43. The zero-order valence-corrected chi connectivity index (χ0v) is 14.9. The first-order valence-corrected chi connectivity index (χ1v) is 8.66. The number of nitrogens with zero attached hydrogens (tertiary/aromatic N) is 1. The zero-order valence-electron chi connectivity index (χ0n) is 14.9. The van der Waals surface area contributed by atoms with Crippen LogP contribution < -0.4 is 5.32 Å². The van der Waals surface area contributed by atoms with Gasteiger partial charge in [-0.3, -0.25) is 14.4 Å². The summed E-state index contributed by atoms with van der Waals surface area (Å²) >= 11 is 0. The summed E-state index contributed by atoms with van der Waals surface area (Å²) < 4.78 is 0. The molecule has 0 aromatic heterocycles. The average molecular weight is 350 g/mol. The Morgan fingerprint density at radius 2 is 1.77 bits per heavy atom. The molecular weight excluding hydrogens is 328 g/mol. The number of ketones is 1. The summed E-state index contributed by atoms with van der Waals surface area (Å²) in [6.45, 7) is 2.02. The van der Waals surface area contributed by atoms with Crippen LogP contribution in [0.15, 0.2) is 54.6 Å². The highest BCUT2D eigenvalue weighted by molar-refractivity contribution is 6.01. The van der Waals surface area contributed by atoms with Gasteiger partial charge in [-0.05, 0) is 31.0 Å². The summed E-state index contributed by atoms with van der Waals surface area (Å²) in [6.07, 6.45) is 0.566. The summed E-state index contributed by atoms with van der Waals surface area (Å²) in [5.41, 5.74) is 2.19. The predicted octanol–water partition coefficient (Wildman–Crippen LogP) is 3.12. The van der Waals surface area contributed by atoms with E-state index in [-0.39, 0.29) is 29.4 Å². The minimum atomic E-state index is -0.304. The molecule has 5 nitrogen and oxygen atoms in total. The molecular formula is C21H22N2O3. The first kappa shape index (κ1) is 17.9. The molecule has 134 valence electrons. The molecule has 0 heterocycles. The standard InChI is InChI=1S/C21H22N2O3/c1-14(24)16-9-6-10-17(11-16)22-20(25)18-12-19(18)21(26)23(2)13-15-7-4-3-5-8-15/h3-11,18-19H,12-13H2,1-2H3,(H,22,25). The molecule has 0 spiro atoms. The fraction of sp³-hybridized carbons (Fsp3) is 0.286. The van der Waals surface area contributed by atoms with Crippen LogP contribution in [0.25, 0.3) is 0 Å². The van der Waals surface area contributed by atoms with Gasteiger partial charge in [0.1, 0.15) is 0 Å². The van der Waals surface area contributed by atoms with Gasteiger partial charge >= 0.3 is 0 Å². The van der Waals surface area contributed by atoms with Crippen LogP contribution in [0.2, 0.25) is 0 Å². The molecule has 1 saturated carbocycles. The van der Waals surface area contributed by atoms with Crippen LogP contribution in [0.4, 0.5) is 5.69 Å². The van der Waals surface area contributed by atoms with Gasteiger partial charge in [0.05, 0.1) is 11.8 Å². The van der Waals surface area contributed by atoms with E-state index in [1.165, 1.54) is 6.92 Å². The second kappa shape index (κ2) is 7.52. The van der Waals surface area contributed by atoms with E-state index < -0.39 is 0 Å². The predicted molar refractivity (Wildman–Crippen MR) is 99.6 cm³/mol. The number of Topliss-reactive ketones (excluding diaryl/α,β-unsaturated/α-hetero) is 1. The van der Waals surface area contributed by atoms with Crippen molar-refractivity contribution in [2.45, 2.75) is 19.9 Å². The minimum absolute atomic E-state index is 0.00788. The molecule has 0 saturated heterocycles. The first-order valence-electron chi connectivity index (χ1n) is 8.66. The highest BCUT2D eigenvalue weighted by Crippen LogP contribution is 2.40. The summed E-state index contributed by atoms with van der Waals surface area (Å²) in [5, 5.41) is 2.81. The summed E-state index contributed by atoms with van der Waals surface area (Å²) in [7, 11) is 1.76. The lowest BCUT2D eigenvalue weighted by Crippen LogP contribution is -2.29. The van der Waals surface area contributed by atoms with Gasteiger partial charge in [0.2, 0.25) is 11.8 Å². The van der Waals surface area contributed by atoms with Gasteiger partial charge in [-0.25, -0.2) is 0 Å². The van der Waals surface area contributed by atoms with Gasteiger partial charge in [-0.15, -0.1) is 0 Å². The highest BCUT2D eigenvalue weighted by atomic mass is 16.2. The van der Waals surface area contributed by atoms with Crippen LogP contribution in [-0.4, -0.2) is 29.5 Å². The highest BCUT2D eigenvalue weighted by Gasteiger charge is 2.49. The van der Waals surface area contributed by atoms with Gasteiger partial charge in [-0.1, -0.05) is 42.5 Å². The van der Waals surface area contributed by atoms with Crippen molar-refractivity contribution in [2.24, 2.45) is 11.8 Å². The van der Waals surface area contributed by atoms with Crippen LogP contribution in [0.1, 0.15) is 29.3 Å². The Kier molecular flexibility index (Phi) is 5.16. The minimum Gasteiger partial charge on any atom is -0.341 e. The molecule has 5 heteroatoms. The van der Waals surface area contributed by atoms with Crippen LogP contribution >= 0.6 is 0 Å². The number of amides is 2. The molecule has 0 aliphatic heterocycles. The number of carbonyl (C=O) groups is 3. The summed E-state index contributed by atoms with van der Waals surface area (Å²) in [5.74, 6) is -0.798. The molecule has 0 bridgehead atoms. The molecule has 2 amide bonds. The van der Waals surface area contributed by atoms with Gasteiger partial charge in [0.15, 0.2) is 5.78 Å². The number of hydrogen-bond donors (Lipinski definition) is 1. The number of benzene rings is 2. The van der Waals surface area contributed by atoms with E-state index in [1.807, 2.05) is 30.3 Å². The lowest BCUT2D eigenvalue weighted by atomic mass is 10.1. The summed E-state index contributed by atoms with van der Waals surface area (Å²) in [4.78, 5) is 38.0. The second-order valence-electron chi connectivity index (χ2n) is 6.75. The SMILES string of the molecule is CC(=O)c1cccc(NC(=O)C2CC2C(=O)N(C)Cc2ccccc2)c1. The molecule has 1 aliphatic carbocycles. The van der Waals surface area contributed by atoms with Crippen molar-refractivity contribution in [2.75, 3.05) is 12.4 Å². The van der Waals surface area contributed by atoms with Gasteiger partial charge in [-0.2, -0.15) is 0 Å². The number of anilines is 1. The van der Waals surface area contributed by atoms with Crippen LogP contribution in [0.3, 0.4) is 0 Å². The van der Waals surface area contributed by atoms with Crippen molar-refractivity contribution in [3.63, 3.8) is 0 Å². The third-order valence-corrected chi connectivity index (χ3v) is 4.62. The van der Waals surface area contributed by atoms with E-state index >= 15 is 0 Å². The van der Waals surface area contributed by atoms with Crippen LogP contribution in [0, 0.1) is 11.8 Å². The molecule has 26 heavy (non-hydrogen) atoms. The van der Waals surface area contributed by atoms with Crippen molar-refractivity contribution >= 4 is 23.3 Å². The van der Waals surface area contributed by atoms with Gasteiger partial charge in [0.25, 0.3) is 0 Å². The van der Waals surface area contributed by atoms with Crippen molar-refractivity contribution in [3.8, 4) is 0 Å². The van der Waals surface area contributed by atoms with Crippen molar-refractivity contribution in [1.82, 2.24) is 4.90 Å². The Bertz CT molecular complexity index is 832. The lowest BCUT2D eigenvalue weighted by Gasteiger charge is -2.17. The maximum atomic E-state index is 12.5. The smallest absolute Gasteiger partial charge is 0.228 e. The molecule has 2 aromatic carbocycles. The Morgan fingerprint density at radius 1 is 1.04 bits per heavy atom. The van der Waals surface area contributed by atoms with Crippen LogP contribution in [0.5, 0.6) is 0 Å². The number of nitrogens with one attached hydrogen (secondary N) is 1. The molecule has 1 N–H and O–H groups in total. The molecule has 2 unspecified atom stereocenters. The maximum absolute atomic E-state index is 12.5. The Labute approximate surface area is 153 Å². The quantitative estimate of drug-likeness (QED) is 0.814. The van der Waals surface area contributed by atoms with E-state index in [2.05, 4.69) is 5.32 Å². The molecule has 3 rings (SSSR count). The van der Waals surface area contributed by atoms with E-state index in [0.717, 1.165) is 5.56 Å². The third-order valence-electron chi connectivity index (χ3n) is 4.62. The monoisotopic (exact) mass is 350 g/mol. The van der Waals surface area contributed by atoms with E-state index in [1.54, 1.807) is 36.2 Å². The van der Waals surface area contributed by atoms with E-state index in [4.69, 9.17) is 0 Å². The Hall–Kier alpha value is -2.95. The zero-order chi connectivity index (χ0) is 18.7. The first-order chi connectivity index (χ1) is 12.5. The summed E-state index contributed by atoms with van der Waals surface area (Å²) in [6, 6.07) is 16.6. The van der Waals surface area contributed by atoms with E-state index in [9.17, 15) is 14.4 Å². The van der Waals surface area contributed by atoms with Gasteiger partial charge in [0, 0.05) is 24.8 Å². The topological polar surface area (TPSA) is 66.5 Å².